The summed E-state index contributed by atoms with van der Waals surface area (Å²) in [4.78, 5) is 21.6. The average molecular weight is 325 g/mol. The van der Waals surface area contributed by atoms with E-state index in [1.54, 1.807) is 18.5 Å². The number of nitrogens with one attached hydrogen (secondary N) is 1. The van der Waals surface area contributed by atoms with Crippen LogP contribution in [0.3, 0.4) is 0 Å². The van der Waals surface area contributed by atoms with Crippen molar-refractivity contribution >= 4 is 22.5 Å². The van der Waals surface area contributed by atoms with Crippen molar-refractivity contribution in [1.29, 1.82) is 0 Å². The second-order valence-electron chi connectivity index (χ2n) is 5.63. The summed E-state index contributed by atoms with van der Waals surface area (Å²) in [7, 11) is 0. The molecule has 2 aromatic heterocycles. The fourth-order valence-electron chi connectivity index (χ4n) is 2.76. The molecule has 4 nitrogen and oxygen atoms in total. The first-order chi connectivity index (χ1) is 12.3. The Kier molecular flexibility index (Phi) is 3.92. The summed E-state index contributed by atoms with van der Waals surface area (Å²) in [6, 6.07) is 23.0. The molecule has 1 amide bonds. The summed E-state index contributed by atoms with van der Waals surface area (Å²) in [5, 5.41) is 3.72. The van der Waals surface area contributed by atoms with Crippen molar-refractivity contribution in [3.63, 3.8) is 0 Å². The monoisotopic (exact) mass is 325 g/mol. The molecule has 2 aromatic carbocycles. The fraction of sp³-hybridized carbons (Fsp3) is 0. The predicted molar refractivity (Wildman–Crippen MR) is 99.4 cm³/mol. The van der Waals surface area contributed by atoms with E-state index in [1.165, 1.54) is 0 Å². The minimum Gasteiger partial charge on any atom is -0.321 e. The molecule has 0 aliphatic carbocycles. The maximum atomic E-state index is 12.8. The topological polar surface area (TPSA) is 54.9 Å². The normalized spacial score (nSPS) is 10.6. The molecule has 4 aromatic rings. The molecular formula is C21H15N3O. The van der Waals surface area contributed by atoms with E-state index in [0.29, 0.717) is 11.3 Å². The zero-order chi connectivity index (χ0) is 17.1. The van der Waals surface area contributed by atoms with Gasteiger partial charge in [0.25, 0.3) is 5.91 Å². The largest absolute Gasteiger partial charge is 0.321 e. The lowest BCUT2D eigenvalue weighted by molar-refractivity contribution is 0.102. The Labute approximate surface area is 145 Å². The molecular weight excluding hydrogens is 310 g/mol. The number of aromatic nitrogens is 2. The molecule has 4 rings (SSSR count). The van der Waals surface area contributed by atoms with Gasteiger partial charge in [0.2, 0.25) is 0 Å². The maximum Gasteiger partial charge on any atom is 0.256 e. The molecule has 0 fully saturated rings. The number of carbonyl (C=O) groups excluding carboxylic acids is 1. The first kappa shape index (κ1) is 15.0. The Morgan fingerprint density at radius 1 is 0.880 bits per heavy atom. The number of carbonyl (C=O) groups is 1. The lowest BCUT2D eigenvalue weighted by atomic mass is 10.0. The first-order valence-electron chi connectivity index (χ1n) is 7.98. The van der Waals surface area contributed by atoms with Crippen molar-refractivity contribution in [2.75, 3.05) is 5.32 Å². The van der Waals surface area contributed by atoms with Crippen molar-refractivity contribution < 1.29 is 4.79 Å². The predicted octanol–water partition coefficient (Wildman–Crippen LogP) is 4.55. The van der Waals surface area contributed by atoms with Gasteiger partial charge in [0.1, 0.15) is 0 Å². The van der Waals surface area contributed by atoms with Gasteiger partial charge in [-0.15, -0.1) is 0 Å². The molecule has 2 heterocycles. The summed E-state index contributed by atoms with van der Waals surface area (Å²) in [6.07, 6.45) is 3.30. The van der Waals surface area contributed by atoms with E-state index in [1.807, 2.05) is 66.7 Å². The van der Waals surface area contributed by atoms with Crippen LogP contribution >= 0.6 is 0 Å². The van der Waals surface area contributed by atoms with Gasteiger partial charge in [-0.3, -0.25) is 9.78 Å². The molecule has 0 aliphatic heterocycles. The number of hydrogen-bond donors (Lipinski definition) is 1. The molecule has 0 unspecified atom stereocenters. The van der Waals surface area contributed by atoms with Crippen LogP contribution < -0.4 is 5.32 Å². The van der Waals surface area contributed by atoms with Gasteiger partial charge in [0.15, 0.2) is 0 Å². The van der Waals surface area contributed by atoms with Crippen molar-refractivity contribution in [2.45, 2.75) is 0 Å². The van der Waals surface area contributed by atoms with Gasteiger partial charge in [0, 0.05) is 17.1 Å². The van der Waals surface area contributed by atoms with Crippen molar-refractivity contribution in [1.82, 2.24) is 9.97 Å². The highest BCUT2D eigenvalue weighted by Crippen LogP contribution is 2.25. The number of anilines is 1. The minimum absolute atomic E-state index is 0.177. The Morgan fingerprint density at radius 2 is 1.68 bits per heavy atom. The zero-order valence-corrected chi connectivity index (χ0v) is 13.4. The Hall–Kier alpha value is -3.53. The summed E-state index contributed by atoms with van der Waals surface area (Å²) >= 11 is 0. The van der Waals surface area contributed by atoms with E-state index >= 15 is 0 Å². The number of rotatable bonds is 3. The van der Waals surface area contributed by atoms with Crippen molar-refractivity contribution in [3.8, 4) is 11.3 Å². The third-order valence-electron chi connectivity index (χ3n) is 3.95. The van der Waals surface area contributed by atoms with Gasteiger partial charge in [-0.25, -0.2) is 4.98 Å². The van der Waals surface area contributed by atoms with Crippen LogP contribution in [0.4, 0.5) is 5.69 Å². The number of nitrogens with zero attached hydrogens (tertiary/aromatic N) is 2. The SMILES string of the molecule is O=C(Nc1cccnc1)c1cc(-c2ccccc2)nc2ccccc12. The van der Waals surface area contributed by atoms with Crippen LogP contribution in [0.25, 0.3) is 22.2 Å². The third kappa shape index (κ3) is 3.10. The van der Waals surface area contributed by atoms with Crippen molar-refractivity contribution in [3.05, 3.63) is 90.8 Å². The number of amides is 1. The lowest BCUT2D eigenvalue weighted by Gasteiger charge is -2.10. The standard InChI is InChI=1S/C21H15N3O/c25-21(23-16-9-6-12-22-14-16)18-13-20(15-7-2-1-3-8-15)24-19-11-5-4-10-17(18)19/h1-14H,(H,23,25). The summed E-state index contributed by atoms with van der Waals surface area (Å²) < 4.78 is 0. The van der Waals surface area contributed by atoms with E-state index in [2.05, 4.69) is 10.3 Å². The molecule has 0 atom stereocenters. The van der Waals surface area contributed by atoms with Gasteiger partial charge in [-0.2, -0.15) is 0 Å². The smallest absolute Gasteiger partial charge is 0.256 e. The highest BCUT2D eigenvalue weighted by atomic mass is 16.1. The first-order valence-corrected chi connectivity index (χ1v) is 7.98. The lowest BCUT2D eigenvalue weighted by Crippen LogP contribution is -2.13. The van der Waals surface area contributed by atoms with Crippen LogP contribution in [0.1, 0.15) is 10.4 Å². The average Bonchev–Trinajstić information content (AvgIpc) is 2.68. The van der Waals surface area contributed by atoms with Gasteiger partial charge < -0.3 is 5.32 Å². The summed E-state index contributed by atoms with van der Waals surface area (Å²) in [5.41, 5.74) is 3.79. The number of fused-ring (bicyclic) bond motifs is 1. The van der Waals surface area contributed by atoms with E-state index < -0.39 is 0 Å². The van der Waals surface area contributed by atoms with E-state index in [4.69, 9.17) is 4.98 Å². The maximum absolute atomic E-state index is 12.8. The Morgan fingerprint density at radius 3 is 2.48 bits per heavy atom. The minimum atomic E-state index is -0.177. The quantitative estimate of drug-likeness (QED) is 0.601. The highest BCUT2D eigenvalue weighted by molar-refractivity contribution is 6.13. The molecule has 0 saturated heterocycles. The number of hydrogen-bond acceptors (Lipinski definition) is 3. The van der Waals surface area contributed by atoms with E-state index in [0.717, 1.165) is 22.2 Å². The van der Waals surface area contributed by atoms with Crippen LogP contribution in [0.5, 0.6) is 0 Å². The Balaban J connectivity index is 1.83. The highest BCUT2D eigenvalue weighted by Gasteiger charge is 2.14. The van der Waals surface area contributed by atoms with E-state index in [-0.39, 0.29) is 5.91 Å². The molecule has 120 valence electrons. The number of pyridine rings is 2. The molecule has 4 heteroatoms. The van der Waals surface area contributed by atoms with Gasteiger partial charge >= 0.3 is 0 Å². The van der Waals surface area contributed by atoms with Gasteiger partial charge in [-0.05, 0) is 24.3 Å². The van der Waals surface area contributed by atoms with E-state index in [9.17, 15) is 4.79 Å². The van der Waals surface area contributed by atoms with Crippen LogP contribution in [-0.2, 0) is 0 Å². The fourth-order valence-corrected chi connectivity index (χ4v) is 2.76. The molecule has 0 radical (unpaired) electrons. The molecule has 1 N–H and O–H groups in total. The van der Waals surface area contributed by atoms with Gasteiger partial charge in [-0.1, -0.05) is 48.5 Å². The molecule has 25 heavy (non-hydrogen) atoms. The summed E-state index contributed by atoms with van der Waals surface area (Å²) in [5.74, 6) is -0.177. The number of benzene rings is 2. The van der Waals surface area contributed by atoms with Crippen LogP contribution in [-0.4, -0.2) is 15.9 Å². The summed E-state index contributed by atoms with van der Waals surface area (Å²) in [6.45, 7) is 0. The third-order valence-corrected chi connectivity index (χ3v) is 3.95. The van der Waals surface area contributed by atoms with Crippen LogP contribution in [0.2, 0.25) is 0 Å². The Bertz CT molecular complexity index is 1030. The molecule has 0 aliphatic rings. The van der Waals surface area contributed by atoms with Gasteiger partial charge in [0.05, 0.1) is 28.7 Å². The van der Waals surface area contributed by atoms with Crippen LogP contribution in [0, 0.1) is 0 Å². The molecule has 0 spiro atoms. The zero-order valence-electron chi connectivity index (χ0n) is 13.4. The number of para-hydroxylation sites is 1. The second kappa shape index (κ2) is 6.53. The van der Waals surface area contributed by atoms with Crippen molar-refractivity contribution in [2.24, 2.45) is 0 Å². The van der Waals surface area contributed by atoms with Crippen LogP contribution in [0.15, 0.2) is 85.2 Å². The molecule has 0 bridgehead atoms. The second-order valence-corrected chi connectivity index (χ2v) is 5.63. The molecule has 0 saturated carbocycles.